The van der Waals surface area contributed by atoms with Gasteiger partial charge in [-0.25, -0.2) is 4.79 Å². The average molecular weight is 360 g/mol. The van der Waals surface area contributed by atoms with Gasteiger partial charge in [0.15, 0.2) is 5.78 Å². The first-order valence-corrected chi connectivity index (χ1v) is 9.46. The molecule has 0 fully saturated rings. The summed E-state index contributed by atoms with van der Waals surface area (Å²) in [4.78, 5) is 23.3. The highest BCUT2D eigenvalue weighted by Crippen LogP contribution is 2.51. The molecule has 0 bridgehead atoms. The fourth-order valence-electron chi connectivity index (χ4n) is 4.45. The van der Waals surface area contributed by atoms with E-state index >= 15 is 0 Å². The van der Waals surface area contributed by atoms with Gasteiger partial charge in [-0.15, -0.1) is 0 Å². The second-order valence-corrected chi connectivity index (χ2v) is 8.07. The molecule has 0 aromatic heterocycles. The van der Waals surface area contributed by atoms with Crippen LogP contribution in [0.1, 0.15) is 59.3 Å². The van der Waals surface area contributed by atoms with E-state index in [2.05, 4.69) is 19.9 Å². The Hall–Kier alpha value is -1.88. The summed E-state index contributed by atoms with van der Waals surface area (Å²) in [7, 11) is 0. The third-order valence-corrected chi connectivity index (χ3v) is 6.19. The van der Waals surface area contributed by atoms with Crippen molar-refractivity contribution in [3.63, 3.8) is 0 Å². The van der Waals surface area contributed by atoms with Crippen LogP contribution >= 0.6 is 0 Å². The van der Waals surface area contributed by atoms with Crippen molar-refractivity contribution in [2.75, 3.05) is 0 Å². The number of aliphatic hydroxyl groups is 1. The Morgan fingerprint density at radius 1 is 1.50 bits per heavy atom. The number of carboxylic acids is 1. The molecule has 5 heteroatoms. The van der Waals surface area contributed by atoms with Crippen LogP contribution in [0.15, 0.2) is 34.6 Å². The Morgan fingerprint density at radius 3 is 2.92 bits per heavy atom. The molecule has 2 aliphatic carbocycles. The highest BCUT2D eigenvalue weighted by molar-refractivity contribution is 6.00. The van der Waals surface area contributed by atoms with Crippen molar-refractivity contribution in [1.29, 1.82) is 0 Å². The number of hydrogen-bond donors (Lipinski definition) is 2. The summed E-state index contributed by atoms with van der Waals surface area (Å²) >= 11 is 0. The maximum atomic E-state index is 12.4. The highest BCUT2D eigenvalue weighted by Gasteiger charge is 2.49. The number of ketones is 1. The maximum Gasteiger partial charge on any atom is 0.330 e. The Labute approximate surface area is 154 Å². The largest absolute Gasteiger partial charge is 0.491 e. The minimum absolute atomic E-state index is 0.148. The monoisotopic (exact) mass is 360 g/mol. The van der Waals surface area contributed by atoms with E-state index in [0.717, 1.165) is 18.6 Å². The molecule has 142 valence electrons. The molecule has 1 aliphatic heterocycles. The Morgan fingerprint density at radius 2 is 2.23 bits per heavy atom. The molecule has 26 heavy (non-hydrogen) atoms. The maximum absolute atomic E-state index is 12.4. The van der Waals surface area contributed by atoms with E-state index in [0.29, 0.717) is 42.7 Å². The van der Waals surface area contributed by atoms with Crippen LogP contribution in [0.3, 0.4) is 0 Å². The number of carbonyl (C=O) groups excluding carboxylic acids is 1. The van der Waals surface area contributed by atoms with Crippen molar-refractivity contribution >= 4 is 11.8 Å². The Balaban J connectivity index is 1.72. The number of aliphatic hydroxyl groups excluding tert-OH is 1. The number of ether oxygens (including phenoxy) is 1. The molecule has 0 saturated carbocycles. The van der Waals surface area contributed by atoms with Crippen LogP contribution in [0, 0.1) is 11.8 Å². The normalized spacial score (nSPS) is 32.5. The summed E-state index contributed by atoms with van der Waals surface area (Å²) in [5, 5.41) is 18.9. The lowest BCUT2D eigenvalue weighted by atomic mass is 9.74. The van der Waals surface area contributed by atoms with E-state index in [1.807, 2.05) is 0 Å². The SMILES string of the molecule is CC(=CCCC(C)C1=CCC2(C)OC3=C(CC12)C(=O)C(O)CC3)C(=O)O. The number of allylic oxidation sites excluding steroid dienone is 2. The number of carboxylic acid groups (broad SMARTS) is 1. The standard InChI is InChI=1S/C21H28O5/c1-12(5-4-6-13(2)20(24)25)14-9-10-21(3)16(14)11-15-18(26-21)8-7-17(22)19(15)23/h6,9,12,16-17,22H,4-5,7-8,10-11H2,1-3H3,(H,24,25). The van der Waals surface area contributed by atoms with E-state index < -0.39 is 12.1 Å². The van der Waals surface area contributed by atoms with Crippen LogP contribution in [-0.2, 0) is 14.3 Å². The summed E-state index contributed by atoms with van der Waals surface area (Å²) in [5.74, 6) is 0.178. The molecule has 0 aromatic carbocycles. The van der Waals surface area contributed by atoms with Crippen molar-refractivity contribution in [3.8, 4) is 0 Å². The van der Waals surface area contributed by atoms with Crippen molar-refractivity contribution in [3.05, 3.63) is 34.6 Å². The van der Waals surface area contributed by atoms with Gasteiger partial charge in [-0.2, -0.15) is 0 Å². The van der Waals surface area contributed by atoms with Crippen LogP contribution in [0.4, 0.5) is 0 Å². The molecule has 0 saturated heterocycles. The second kappa shape index (κ2) is 7.03. The first-order valence-electron chi connectivity index (χ1n) is 9.46. The molecule has 2 N–H and O–H groups in total. The van der Waals surface area contributed by atoms with Gasteiger partial charge >= 0.3 is 5.97 Å². The van der Waals surface area contributed by atoms with Crippen molar-refractivity contribution in [1.82, 2.24) is 0 Å². The van der Waals surface area contributed by atoms with E-state index in [1.165, 1.54) is 5.57 Å². The lowest BCUT2D eigenvalue weighted by Crippen LogP contribution is -2.43. The van der Waals surface area contributed by atoms with Gasteiger partial charge in [0.05, 0.1) is 0 Å². The summed E-state index contributed by atoms with van der Waals surface area (Å²) in [5.41, 5.74) is 2.04. The number of fused-ring (bicyclic) bond motifs is 1. The topological polar surface area (TPSA) is 83.8 Å². The summed E-state index contributed by atoms with van der Waals surface area (Å²) < 4.78 is 6.28. The lowest BCUT2D eigenvalue weighted by Gasteiger charge is -2.43. The number of carbonyl (C=O) groups is 2. The predicted octanol–water partition coefficient (Wildman–Crippen LogP) is 3.54. The molecule has 1 heterocycles. The minimum Gasteiger partial charge on any atom is -0.491 e. The first-order chi connectivity index (χ1) is 12.2. The van der Waals surface area contributed by atoms with E-state index in [9.17, 15) is 14.7 Å². The highest BCUT2D eigenvalue weighted by atomic mass is 16.5. The summed E-state index contributed by atoms with van der Waals surface area (Å²) in [6, 6.07) is 0. The Kier molecular flexibility index (Phi) is 5.11. The summed E-state index contributed by atoms with van der Waals surface area (Å²) in [6.07, 6.45) is 7.25. The van der Waals surface area contributed by atoms with Gasteiger partial charge in [0.25, 0.3) is 0 Å². The van der Waals surface area contributed by atoms with Crippen LogP contribution in [-0.4, -0.2) is 33.7 Å². The molecule has 0 amide bonds. The second-order valence-electron chi connectivity index (χ2n) is 8.07. The van der Waals surface area contributed by atoms with Gasteiger partial charge in [0, 0.05) is 29.9 Å². The van der Waals surface area contributed by atoms with Gasteiger partial charge in [0.1, 0.15) is 17.5 Å². The van der Waals surface area contributed by atoms with Crippen LogP contribution in [0.2, 0.25) is 0 Å². The smallest absolute Gasteiger partial charge is 0.330 e. The molecule has 5 nitrogen and oxygen atoms in total. The number of hydrogen-bond acceptors (Lipinski definition) is 4. The van der Waals surface area contributed by atoms with Crippen molar-refractivity contribution in [2.24, 2.45) is 11.8 Å². The van der Waals surface area contributed by atoms with Crippen molar-refractivity contribution in [2.45, 2.75) is 71.0 Å². The fraction of sp³-hybridized carbons (Fsp3) is 0.619. The molecule has 3 rings (SSSR count). The third kappa shape index (κ3) is 3.37. The molecule has 0 radical (unpaired) electrons. The molecule has 0 aromatic rings. The zero-order valence-electron chi connectivity index (χ0n) is 15.7. The van der Waals surface area contributed by atoms with Crippen LogP contribution in [0.5, 0.6) is 0 Å². The molecular weight excluding hydrogens is 332 g/mol. The van der Waals surface area contributed by atoms with Gasteiger partial charge in [-0.1, -0.05) is 24.6 Å². The van der Waals surface area contributed by atoms with E-state index in [1.54, 1.807) is 13.0 Å². The number of rotatable bonds is 5. The quantitative estimate of drug-likeness (QED) is 0.579. The van der Waals surface area contributed by atoms with Gasteiger partial charge in [-0.3, -0.25) is 4.79 Å². The third-order valence-electron chi connectivity index (χ3n) is 6.19. The van der Waals surface area contributed by atoms with Gasteiger partial charge < -0.3 is 14.9 Å². The van der Waals surface area contributed by atoms with E-state index in [-0.39, 0.29) is 17.3 Å². The minimum atomic E-state index is -0.892. The van der Waals surface area contributed by atoms with Crippen LogP contribution in [0.25, 0.3) is 0 Å². The summed E-state index contributed by atoms with van der Waals surface area (Å²) in [6.45, 7) is 5.88. The zero-order valence-corrected chi connectivity index (χ0v) is 15.7. The molecule has 4 unspecified atom stereocenters. The van der Waals surface area contributed by atoms with Gasteiger partial charge in [-0.05, 0) is 45.4 Å². The lowest BCUT2D eigenvalue weighted by molar-refractivity contribution is -0.132. The van der Waals surface area contributed by atoms with Crippen molar-refractivity contribution < 1.29 is 24.5 Å². The fourth-order valence-corrected chi connectivity index (χ4v) is 4.45. The number of aliphatic carboxylic acids is 1. The molecule has 0 spiro atoms. The van der Waals surface area contributed by atoms with Gasteiger partial charge in [0.2, 0.25) is 0 Å². The number of Topliss-reactive ketones (excluding diaryl/α,β-unsaturated/α-hetero) is 1. The Bertz CT molecular complexity index is 714. The average Bonchev–Trinajstić information content (AvgIpc) is 2.93. The molecule has 4 atom stereocenters. The molecule has 3 aliphatic rings. The van der Waals surface area contributed by atoms with Crippen LogP contribution < -0.4 is 0 Å². The zero-order chi connectivity index (χ0) is 19.1. The van der Waals surface area contributed by atoms with E-state index in [4.69, 9.17) is 9.84 Å². The predicted molar refractivity (Wildman–Crippen MR) is 97.4 cm³/mol. The molecular formula is C21H28O5. The first kappa shape index (κ1) is 18.9.